The summed E-state index contributed by atoms with van der Waals surface area (Å²) in [5.74, 6) is 0. The van der Waals surface area contributed by atoms with Crippen molar-refractivity contribution in [3.63, 3.8) is 0 Å². The van der Waals surface area contributed by atoms with E-state index in [0.29, 0.717) is 0 Å². The van der Waals surface area contributed by atoms with Gasteiger partial charge in [-0.2, -0.15) is 0 Å². The second-order valence-electron chi connectivity index (χ2n) is 1.17. The van der Waals surface area contributed by atoms with Crippen molar-refractivity contribution in [3.8, 4) is 0 Å². The van der Waals surface area contributed by atoms with E-state index in [1.165, 1.54) is 0 Å². The highest BCUT2D eigenvalue weighted by molar-refractivity contribution is 4.34. The molecule has 0 aliphatic rings. The van der Waals surface area contributed by atoms with Gasteiger partial charge in [0.25, 0.3) is 0 Å². The molecule has 0 aromatic carbocycles. The smallest absolute Gasteiger partial charge is 0.0335 e. The van der Waals surface area contributed by atoms with Gasteiger partial charge in [-0.05, 0) is 13.6 Å². The first kappa shape index (κ1) is 4.96. The molecule has 0 radical (unpaired) electrons. The van der Waals surface area contributed by atoms with Crippen LogP contribution in [0, 0.1) is 7.05 Å². The molecule has 32 valence electrons. The first-order valence-corrected chi connectivity index (χ1v) is 1.79. The van der Waals surface area contributed by atoms with Gasteiger partial charge in [0.05, 0.1) is 0 Å². The van der Waals surface area contributed by atoms with Gasteiger partial charge in [-0.3, -0.25) is 7.05 Å². The molecule has 0 aliphatic heterocycles. The molecular formula is C4H10N-. The Morgan fingerprint density at radius 3 is 2.00 bits per heavy atom. The van der Waals surface area contributed by atoms with Gasteiger partial charge in [-0.1, -0.05) is 6.92 Å². The monoisotopic (exact) mass is 72.1 g/mol. The number of nitrogens with zero attached hydrogens (tertiary/aromatic N) is 1. The van der Waals surface area contributed by atoms with Crippen LogP contribution in [0.5, 0.6) is 0 Å². The number of hydrogen-bond donors (Lipinski definition) is 0. The largest absolute Gasteiger partial charge is 0.462 e. The molecule has 0 saturated carbocycles. The zero-order valence-corrected chi connectivity index (χ0v) is 3.86. The third-order valence-corrected chi connectivity index (χ3v) is 0.540. The zero-order valence-electron chi connectivity index (χ0n) is 3.86. The fourth-order valence-electron chi connectivity index (χ4n) is 0. The topological polar surface area (TPSA) is 3.24 Å². The van der Waals surface area contributed by atoms with Crippen molar-refractivity contribution in [3.05, 3.63) is 7.05 Å². The van der Waals surface area contributed by atoms with Crippen molar-refractivity contribution in [2.45, 2.75) is 6.92 Å². The minimum Gasteiger partial charge on any atom is -0.462 e. The van der Waals surface area contributed by atoms with Crippen LogP contribution in [0.3, 0.4) is 0 Å². The van der Waals surface area contributed by atoms with E-state index in [-0.39, 0.29) is 0 Å². The molecule has 1 heteroatoms. The Kier molecular flexibility index (Phi) is 2.19. The lowest BCUT2D eigenvalue weighted by atomic mass is 10.7. The summed E-state index contributed by atoms with van der Waals surface area (Å²) in [6, 6.07) is 0. The van der Waals surface area contributed by atoms with Crippen molar-refractivity contribution in [2.24, 2.45) is 0 Å². The molecule has 0 atom stereocenters. The Morgan fingerprint density at radius 2 is 2.00 bits per heavy atom. The summed E-state index contributed by atoms with van der Waals surface area (Å²) in [5.41, 5.74) is 0. The molecule has 0 spiro atoms. The second kappa shape index (κ2) is 2.21. The quantitative estimate of drug-likeness (QED) is 0.413. The molecule has 0 rings (SSSR count). The summed E-state index contributed by atoms with van der Waals surface area (Å²) < 4.78 is 0. The highest BCUT2D eigenvalue weighted by Crippen LogP contribution is 1.67. The normalized spacial score (nSPS) is 9.60. The first-order chi connectivity index (χ1) is 2.27. The van der Waals surface area contributed by atoms with Crippen molar-refractivity contribution >= 4 is 0 Å². The van der Waals surface area contributed by atoms with Crippen LogP contribution in [0.2, 0.25) is 0 Å². The fraction of sp³-hybridized carbons (Fsp3) is 0.750. The lowest BCUT2D eigenvalue weighted by molar-refractivity contribution is 0.478. The standard InChI is InChI=1S/C4H10N/c1-4-5(2)3/h2,4H2,1,3H3/q-1. The van der Waals surface area contributed by atoms with Gasteiger partial charge in [0.1, 0.15) is 0 Å². The highest BCUT2D eigenvalue weighted by atomic mass is 15.0. The van der Waals surface area contributed by atoms with Crippen molar-refractivity contribution in [2.75, 3.05) is 13.6 Å². The second-order valence-corrected chi connectivity index (χ2v) is 1.17. The fourth-order valence-corrected chi connectivity index (χ4v) is 0. The maximum Gasteiger partial charge on any atom is -0.0335 e. The van der Waals surface area contributed by atoms with E-state index in [1.54, 1.807) is 0 Å². The summed E-state index contributed by atoms with van der Waals surface area (Å²) in [6.45, 7) is 3.09. The van der Waals surface area contributed by atoms with Crippen molar-refractivity contribution in [1.29, 1.82) is 0 Å². The van der Waals surface area contributed by atoms with Gasteiger partial charge >= 0.3 is 0 Å². The van der Waals surface area contributed by atoms with Crippen molar-refractivity contribution < 1.29 is 0 Å². The van der Waals surface area contributed by atoms with Gasteiger partial charge in [0, 0.05) is 0 Å². The molecule has 0 saturated heterocycles. The van der Waals surface area contributed by atoms with Crippen molar-refractivity contribution in [1.82, 2.24) is 4.90 Å². The molecular weight excluding hydrogens is 62.1 g/mol. The molecule has 0 amide bonds. The lowest BCUT2D eigenvalue weighted by Gasteiger charge is -2.11. The Bertz CT molecular complexity index is 17.6. The average molecular weight is 72.1 g/mol. The van der Waals surface area contributed by atoms with Crippen LogP contribution in [0.15, 0.2) is 0 Å². The minimum atomic E-state index is 1.03. The molecule has 0 aromatic heterocycles. The van der Waals surface area contributed by atoms with E-state index in [1.807, 2.05) is 11.9 Å². The predicted molar refractivity (Wildman–Crippen MR) is 23.7 cm³/mol. The average Bonchev–Trinajstić information content (AvgIpc) is 1.38. The molecule has 0 heterocycles. The van der Waals surface area contributed by atoms with Gasteiger partial charge in [-0.25, -0.2) is 0 Å². The molecule has 0 N–H and O–H groups in total. The van der Waals surface area contributed by atoms with Crippen LogP contribution < -0.4 is 0 Å². The van der Waals surface area contributed by atoms with E-state index in [4.69, 9.17) is 0 Å². The molecule has 0 aromatic rings. The van der Waals surface area contributed by atoms with Crippen LogP contribution in [0.25, 0.3) is 0 Å². The van der Waals surface area contributed by atoms with Crippen LogP contribution in [-0.4, -0.2) is 18.5 Å². The number of hydrogen-bond acceptors (Lipinski definition) is 1. The summed E-state index contributed by atoms with van der Waals surface area (Å²) in [5, 5.41) is 0. The van der Waals surface area contributed by atoms with Crippen LogP contribution in [-0.2, 0) is 0 Å². The summed E-state index contributed by atoms with van der Waals surface area (Å²) in [6.07, 6.45) is 0. The third kappa shape index (κ3) is 3.96. The predicted octanol–water partition coefficient (Wildman–Crippen LogP) is 0.730. The summed E-state index contributed by atoms with van der Waals surface area (Å²) >= 11 is 0. The third-order valence-electron chi connectivity index (χ3n) is 0.540. The molecule has 0 fully saturated rings. The maximum absolute atomic E-state index is 3.59. The van der Waals surface area contributed by atoms with Crippen LogP contribution in [0.1, 0.15) is 6.92 Å². The molecule has 0 unspecified atom stereocenters. The maximum atomic E-state index is 3.59. The van der Waals surface area contributed by atoms with Crippen LogP contribution >= 0.6 is 0 Å². The van der Waals surface area contributed by atoms with Crippen LogP contribution in [0.4, 0.5) is 0 Å². The lowest BCUT2D eigenvalue weighted by Crippen LogP contribution is -2.05. The first-order valence-electron chi connectivity index (χ1n) is 1.79. The molecule has 1 nitrogen and oxygen atoms in total. The van der Waals surface area contributed by atoms with Gasteiger partial charge in [0.15, 0.2) is 0 Å². The van der Waals surface area contributed by atoms with E-state index in [2.05, 4.69) is 14.0 Å². The van der Waals surface area contributed by atoms with E-state index in [9.17, 15) is 0 Å². The molecule has 0 bridgehead atoms. The summed E-state index contributed by atoms with van der Waals surface area (Å²) in [4.78, 5) is 1.88. The minimum absolute atomic E-state index is 1.03. The van der Waals surface area contributed by atoms with Gasteiger partial charge in [-0.15, -0.1) is 0 Å². The van der Waals surface area contributed by atoms with E-state index >= 15 is 0 Å². The van der Waals surface area contributed by atoms with Gasteiger partial charge < -0.3 is 4.90 Å². The van der Waals surface area contributed by atoms with E-state index in [0.717, 1.165) is 6.54 Å². The highest BCUT2D eigenvalue weighted by Gasteiger charge is 1.62. The van der Waals surface area contributed by atoms with Gasteiger partial charge in [0.2, 0.25) is 0 Å². The Balaban J connectivity index is 2.54. The Labute approximate surface area is 33.6 Å². The Hall–Kier alpha value is -0.0400. The Morgan fingerprint density at radius 1 is 1.80 bits per heavy atom. The zero-order chi connectivity index (χ0) is 4.28. The SMILES string of the molecule is [CH2-]N(C)CC. The molecule has 0 aliphatic carbocycles. The summed E-state index contributed by atoms with van der Waals surface area (Å²) in [7, 11) is 5.53. The van der Waals surface area contributed by atoms with E-state index < -0.39 is 0 Å². The number of rotatable bonds is 1. The molecule has 5 heavy (non-hydrogen) atoms.